The maximum Gasteiger partial charge on any atom is 0.263 e. The molecule has 1 aromatic rings. The van der Waals surface area contributed by atoms with Crippen molar-refractivity contribution >= 4 is 5.91 Å². The fourth-order valence-corrected chi connectivity index (χ4v) is 4.78. The number of likely N-dealkylation sites (N-methyl/N-ethyl adjacent to an activating group) is 1. The zero-order valence-electron chi connectivity index (χ0n) is 17.9. The van der Waals surface area contributed by atoms with E-state index >= 15 is 0 Å². The van der Waals surface area contributed by atoms with Crippen molar-refractivity contribution in [2.45, 2.75) is 58.7 Å². The molecular formula is C22H35N3O3. The molecule has 2 fully saturated rings. The molecule has 4 atom stereocenters. The zero-order valence-corrected chi connectivity index (χ0v) is 17.9. The average molecular weight is 390 g/mol. The van der Waals surface area contributed by atoms with Gasteiger partial charge in [0.25, 0.3) is 11.5 Å². The third-order valence-electron chi connectivity index (χ3n) is 6.59. The first-order valence-corrected chi connectivity index (χ1v) is 10.5. The van der Waals surface area contributed by atoms with Crippen molar-refractivity contribution < 1.29 is 9.90 Å². The highest BCUT2D eigenvalue weighted by Crippen LogP contribution is 2.38. The number of carbonyl (C=O) groups is 1. The Morgan fingerprint density at radius 3 is 2.50 bits per heavy atom. The molecule has 1 aromatic heterocycles. The van der Waals surface area contributed by atoms with Gasteiger partial charge in [-0.25, -0.2) is 0 Å². The lowest BCUT2D eigenvalue weighted by molar-refractivity contribution is 0.00940. The number of carbonyl (C=O) groups excluding carboxylic acids is 1. The molecule has 3 rings (SSSR count). The maximum absolute atomic E-state index is 13.3. The Bertz CT molecular complexity index is 771. The van der Waals surface area contributed by atoms with Crippen LogP contribution in [0.1, 0.15) is 49.0 Å². The Kier molecular flexibility index (Phi) is 6.30. The molecule has 0 aromatic carbocycles. The summed E-state index contributed by atoms with van der Waals surface area (Å²) in [5, 5.41) is 10.5. The number of rotatable bonds is 5. The van der Waals surface area contributed by atoms with Crippen LogP contribution in [0.2, 0.25) is 0 Å². The molecule has 2 aliphatic rings. The van der Waals surface area contributed by atoms with E-state index in [4.69, 9.17) is 0 Å². The zero-order chi connectivity index (χ0) is 20.6. The van der Waals surface area contributed by atoms with E-state index in [2.05, 4.69) is 18.7 Å². The molecule has 156 valence electrons. The molecule has 1 aliphatic heterocycles. The number of hydrogen-bond acceptors (Lipinski definition) is 4. The predicted molar refractivity (Wildman–Crippen MR) is 110 cm³/mol. The quantitative estimate of drug-likeness (QED) is 0.836. The first-order chi connectivity index (χ1) is 13.2. The third kappa shape index (κ3) is 4.18. The summed E-state index contributed by atoms with van der Waals surface area (Å²) in [6, 6.07) is 2.02. The fourth-order valence-electron chi connectivity index (χ4n) is 4.78. The van der Waals surface area contributed by atoms with Crippen molar-refractivity contribution in [3.63, 3.8) is 0 Å². The van der Waals surface area contributed by atoms with Crippen LogP contribution in [-0.4, -0.2) is 64.7 Å². The van der Waals surface area contributed by atoms with Crippen LogP contribution in [0, 0.1) is 24.7 Å². The normalized spacial score (nSPS) is 27.5. The number of likely N-dealkylation sites (tertiary alicyclic amines) is 1. The Morgan fingerprint density at radius 2 is 1.89 bits per heavy atom. The molecule has 1 saturated heterocycles. The maximum atomic E-state index is 13.3. The van der Waals surface area contributed by atoms with Crippen molar-refractivity contribution in [3.05, 3.63) is 33.7 Å². The van der Waals surface area contributed by atoms with E-state index in [-0.39, 0.29) is 23.6 Å². The smallest absolute Gasteiger partial charge is 0.263 e. The van der Waals surface area contributed by atoms with Crippen LogP contribution < -0.4 is 5.56 Å². The van der Waals surface area contributed by atoms with Crippen LogP contribution in [0.3, 0.4) is 0 Å². The fraction of sp³-hybridized carbons (Fsp3) is 0.727. The summed E-state index contributed by atoms with van der Waals surface area (Å²) in [5.74, 6) is 1.08. The molecule has 6 heteroatoms. The summed E-state index contributed by atoms with van der Waals surface area (Å²) in [7, 11) is 4.00. The highest BCUT2D eigenvalue weighted by molar-refractivity contribution is 5.95. The minimum atomic E-state index is -0.349. The van der Waals surface area contributed by atoms with Gasteiger partial charge in [0, 0.05) is 31.9 Å². The molecule has 1 N–H and O–H groups in total. The van der Waals surface area contributed by atoms with Gasteiger partial charge in [-0.1, -0.05) is 13.8 Å². The Balaban J connectivity index is 1.78. The number of amides is 1. The minimum Gasteiger partial charge on any atom is -0.391 e. The molecule has 1 amide bonds. The number of hydrogen-bond donors (Lipinski definition) is 1. The standard InChI is InChI=1S/C22H35N3O3/c1-14(2)6-8-24-9-7-15(3)20(21(24)27)22(28)25-12-16-10-18(23(4)5)19(26)11-17(16)13-25/h7,9,14,16-19,26H,6,8,10-13H2,1-5H3/t16-,17+,18-,19-/m1/s1. The largest absolute Gasteiger partial charge is 0.391 e. The van der Waals surface area contributed by atoms with Gasteiger partial charge in [-0.05, 0) is 69.7 Å². The average Bonchev–Trinajstić information content (AvgIpc) is 3.02. The molecule has 0 bridgehead atoms. The minimum absolute atomic E-state index is 0.142. The monoisotopic (exact) mass is 389 g/mol. The van der Waals surface area contributed by atoms with Crippen molar-refractivity contribution in [3.8, 4) is 0 Å². The molecule has 6 nitrogen and oxygen atoms in total. The van der Waals surface area contributed by atoms with Gasteiger partial charge in [0.15, 0.2) is 0 Å². The van der Waals surface area contributed by atoms with E-state index in [9.17, 15) is 14.7 Å². The molecule has 0 unspecified atom stereocenters. The van der Waals surface area contributed by atoms with Crippen LogP contribution in [0.5, 0.6) is 0 Å². The summed E-state index contributed by atoms with van der Waals surface area (Å²) >= 11 is 0. The molecular weight excluding hydrogens is 354 g/mol. The summed E-state index contributed by atoms with van der Waals surface area (Å²) in [4.78, 5) is 30.2. The first-order valence-electron chi connectivity index (χ1n) is 10.5. The number of aliphatic hydroxyl groups is 1. The van der Waals surface area contributed by atoms with Crippen molar-refractivity contribution in [2.75, 3.05) is 27.2 Å². The molecule has 2 heterocycles. The van der Waals surface area contributed by atoms with E-state index < -0.39 is 0 Å². The number of nitrogens with zero attached hydrogens (tertiary/aromatic N) is 3. The number of aromatic nitrogens is 1. The lowest BCUT2D eigenvalue weighted by Gasteiger charge is -2.38. The van der Waals surface area contributed by atoms with Gasteiger partial charge >= 0.3 is 0 Å². The van der Waals surface area contributed by atoms with Gasteiger partial charge in [-0.2, -0.15) is 0 Å². The van der Waals surface area contributed by atoms with Crippen LogP contribution in [-0.2, 0) is 6.54 Å². The van der Waals surface area contributed by atoms with E-state index in [0.29, 0.717) is 43.0 Å². The third-order valence-corrected chi connectivity index (χ3v) is 6.59. The summed E-state index contributed by atoms with van der Waals surface area (Å²) in [6.45, 7) is 8.07. The van der Waals surface area contributed by atoms with Crippen LogP contribution in [0.4, 0.5) is 0 Å². The number of pyridine rings is 1. The van der Waals surface area contributed by atoms with Crippen LogP contribution in [0.15, 0.2) is 17.1 Å². The number of aliphatic hydroxyl groups excluding tert-OH is 1. The number of fused-ring (bicyclic) bond motifs is 1. The second-order valence-electron chi connectivity index (χ2n) is 9.35. The second-order valence-corrected chi connectivity index (χ2v) is 9.35. The Morgan fingerprint density at radius 1 is 1.25 bits per heavy atom. The molecule has 1 saturated carbocycles. The Hall–Kier alpha value is -1.66. The number of aryl methyl sites for hydroxylation is 2. The van der Waals surface area contributed by atoms with Gasteiger partial charge in [0.05, 0.1) is 6.10 Å². The van der Waals surface area contributed by atoms with Gasteiger partial charge in [0.1, 0.15) is 5.56 Å². The topological polar surface area (TPSA) is 65.8 Å². The van der Waals surface area contributed by atoms with Gasteiger partial charge < -0.3 is 19.5 Å². The summed E-state index contributed by atoms with van der Waals surface area (Å²) in [5.41, 5.74) is 0.887. The van der Waals surface area contributed by atoms with E-state index in [1.165, 1.54) is 0 Å². The highest BCUT2D eigenvalue weighted by atomic mass is 16.3. The molecule has 28 heavy (non-hydrogen) atoms. The van der Waals surface area contributed by atoms with Crippen LogP contribution >= 0.6 is 0 Å². The molecule has 0 spiro atoms. The second kappa shape index (κ2) is 8.37. The lowest BCUT2D eigenvalue weighted by atomic mass is 9.77. The van der Waals surface area contributed by atoms with Crippen molar-refractivity contribution in [2.24, 2.45) is 17.8 Å². The van der Waals surface area contributed by atoms with E-state index in [1.54, 1.807) is 10.8 Å². The lowest BCUT2D eigenvalue weighted by Crippen LogP contribution is -2.46. The SMILES string of the molecule is Cc1ccn(CCC(C)C)c(=O)c1C(=O)N1C[C@H]2C[C@@H](N(C)C)[C@H](O)C[C@H]2C1. The van der Waals surface area contributed by atoms with Crippen molar-refractivity contribution in [1.29, 1.82) is 0 Å². The summed E-state index contributed by atoms with van der Waals surface area (Å²) in [6.07, 6.45) is 3.99. The highest BCUT2D eigenvalue weighted by Gasteiger charge is 2.44. The van der Waals surface area contributed by atoms with E-state index in [0.717, 1.165) is 24.8 Å². The van der Waals surface area contributed by atoms with Gasteiger partial charge in [-0.15, -0.1) is 0 Å². The Labute approximate surface area is 168 Å². The molecule has 1 aliphatic carbocycles. The van der Waals surface area contributed by atoms with E-state index in [1.807, 2.05) is 32.0 Å². The predicted octanol–water partition coefficient (Wildman–Crippen LogP) is 1.98. The van der Waals surface area contributed by atoms with Crippen LogP contribution in [0.25, 0.3) is 0 Å². The van der Waals surface area contributed by atoms with Gasteiger partial charge in [-0.3, -0.25) is 9.59 Å². The molecule has 0 radical (unpaired) electrons. The van der Waals surface area contributed by atoms with Gasteiger partial charge in [0.2, 0.25) is 0 Å². The summed E-state index contributed by atoms with van der Waals surface area (Å²) < 4.78 is 1.68. The first kappa shape index (κ1) is 21.1. The van der Waals surface area contributed by atoms with Crippen molar-refractivity contribution in [1.82, 2.24) is 14.4 Å².